The average molecular weight is 359 g/mol. The Bertz CT molecular complexity index is 643. The summed E-state index contributed by atoms with van der Waals surface area (Å²) < 4.78 is 0.778. The van der Waals surface area contributed by atoms with Crippen LogP contribution in [0, 0.1) is 6.92 Å². The number of hydrogen-bond donors (Lipinski definition) is 1. The van der Waals surface area contributed by atoms with Crippen LogP contribution in [0.3, 0.4) is 0 Å². The maximum Gasteiger partial charge on any atom is 0.257 e. The molecule has 0 aromatic heterocycles. The van der Waals surface area contributed by atoms with Crippen molar-refractivity contribution in [1.82, 2.24) is 0 Å². The quantitative estimate of drug-likeness (QED) is 0.773. The molecule has 0 heterocycles. The summed E-state index contributed by atoms with van der Waals surface area (Å²) in [7, 11) is 0. The zero-order valence-corrected chi connectivity index (χ0v) is 13.1. The first-order valence-corrected chi connectivity index (χ1v) is 7.05. The molecule has 0 fully saturated rings. The van der Waals surface area contributed by atoms with Gasteiger partial charge in [0, 0.05) is 10.2 Å². The third kappa shape index (κ3) is 3.30. The highest BCUT2D eigenvalue weighted by molar-refractivity contribution is 9.10. The second-order valence-electron chi connectivity index (χ2n) is 4.02. The molecule has 1 amide bonds. The van der Waals surface area contributed by atoms with Gasteiger partial charge in [-0.15, -0.1) is 0 Å². The fraction of sp³-hybridized carbons (Fsp3) is 0.0714. The molecule has 98 valence electrons. The topological polar surface area (TPSA) is 29.1 Å². The number of anilines is 1. The van der Waals surface area contributed by atoms with Gasteiger partial charge >= 0.3 is 0 Å². The molecule has 5 heteroatoms. The maximum absolute atomic E-state index is 12.1. The molecule has 0 spiro atoms. The van der Waals surface area contributed by atoms with Crippen molar-refractivity contribution in [2.75, 3.05) is 5.32 Å². The van der Waals surface area contributed by atoms with Crippen LogP contribution in [-0.2, 0) is 0 Å². The Morgan fingerprint density at radius 3 is 2.63 bits per heavy atom. The van der Waals surface area contributed by atoms with E-state index in [1.165, 1.54) is 0 Å². The van der Waals surface area contributed by atoms with Crippen molar-refractivity contribution in [3.8, 4) is 0 Å². The molecule has 0 radical (unpaired) electrons. The molecule has 2 nitrogen and oxygen atoms in total. The lowest BCUT2D eigenvalue weighted by Gasteiger charge is -2.09. The molecule has 0 aliphatic heterocycles. The van der Waals surface area contributed by atoms with Gasteiger partial charge in [0.15, 0.2) is 0 Å². The zero-order valence-electron chi connectivity index (χ0n) is 10.0. The minimum atomic E-state index is -0.257. The van der Waals surface area contributed by atoms with E-state index in [0.29, 0.717) is 21.3 Å². The molecule has 1 N–H and O–H groups in total. The molecule has 0 bridgehead atoms. The second kappa shape index (κ2) is 5.95. The van der Waals surface area contributed by atoms with Crippen LogP contribution >= 0.6 is 39.1 Å². The van der Waals surface area contributed by atoms with E-state index in [4.69, 9.17) is 23.2 Å². The highest BCUT2D eigenvalue weighted by Gasteiger charge is 2.12. The summed E-state index contributed by atoms with van der Waals surface area (Å²) in [6, 6.07) is 10.5. The van der Waals surface area contributed by atoms with Gasteiger partial charge in [0.2, 0.25) is 0 Å². The molecule has 2 aromatic rings. The van der Waals surface area contributed by atoms with Crippen molar-refractivity contribution in [3.63, 3.8) is 0 Å². The van der Waals surface area contributed by atoms with E-state index in [1.807, 2.05) is 13.0 Å². The third-order valence-corrected chi connectivity index (χ3v) is 4.35. The van der Waals surface area contributed by atoms with Gasteiger partial charge in [-0.25, -0.2) is 0 Å². The number of benzene rings is 2. The van der Waals surface area contributed by atoms with Crippen molar-refractivity contribution < 1.29 is 4.79 Å². The van der Waals surface area contributed by atoms with Crippen LogP contribution in [0.25, 0.3) is 0 Å². The molecule has 19 heavy (non-hydrogen) atoms. The highest BCUT2D eigenvalue weighted by Crippen LogP contribution is 2.26. The number of aryl methyl sites for hydroxylation is 1. The van der Waals surface area contributed by atoms with Crippen molar-refractivity contribution in [1.29, 1.82) is 0 Å². The first-order valence-electron chi connectivity index (χ1n) is 5.50. The van der Waals surface area contributed by atoms with E-state index in [1.54, 1.807) is 30.3 Å². The molecule has 2 aromatic carbocycles. The van der Waals surface area contributed by atoms with Crippen LogP contribution in [0.2, 0.25) is 10.0 Å². The van der Waals surface area contributed by atoms with Crippen LogP contribution in [0.15, 0.2) is 40.9 Å². The lowest BCUT2D eigenvalue weighted by atomic mass is 10.1. The van der Waals surface area contributed by atoms with Crippen LogP contribution < -0.4 is 5.32 Å². The fourth-order valence-electron chi connectivity index (χ4n) is 1.60. The van der Waals surface area contributed by atoms with Crippen molar-refractivity contribution in [3.05, 3.63) is 62.0 Å². The van der Waals surface area contributed by atoms with Gasteiger partial charge in [0.05, 0.1) is 15.6 Å². The predicted molar refractivity (Wildman–Crippen MR) is 83.3 cm³/mol. The molecule has 0 atom stereocenters. The number of carbonyl (C=O) groups excluding carboxylic acids is 1. The summed E-state index contributed by atoms with van der Waals surface area (Å²) in [4.78, 5) is 12.1. The van der Waals surface area contributed by atoms with Gasteiger partial charge in [0.25, 0.3) is 5.91 Å². The lowest BCUT2D eigenvalue weighted by Crippen LogP contribution is -2.12. The minimum absolute atomic E-state index is 0.257. The number of amides is 1. The van der Waals surface area contributed by atoms with E-state index in [2.05, 4.69) is 21.2 Å². The summed E-state index contributed by atoms with van der Waals surface area (Å²) in [6.45, 7) is 1.86. The first kappa shape index (κ1) is 14.4. The Kier molecular flexibility index (Phi) is 4.50. The Labute approximate surface area is 129 Å². The van der Waals surface area contributed by atoms with Gasteiger partial charge < -0.3 is 5.32 Å². The SMILES string of the molecule is Cc1cccc(C(=O)Nc2ccc(Br)c(Cl)c2)c1Cl. The minimum Gasteiger partial charge on any atom is -0.322 e. The molecule has 0 saturated heterocycles. The Hall–Kier alpha value is -1.03. The van der Waals surface area contributed by atoms with Crippen molar-refractivity contribution in [2.24, 2.45) is 0 Å². The molecule has 0 unspecified atom stereocenters. The summed E-state index contributed by atoms with van der Waals surface area (Å²) in [5, 5.41) is 3.76. The first-order chi connectivity index (χ1) is 8.99. The molecule has 0 saturated carbocycles. The number of nitrogens with one attached hydrogen (secondary N) is 1. The molecule has 2 rings (SSSR count). The normalized spacial score (nSPS) is 10.3. The van der Waals surface area contributed by atoms with Crippen molar-refractivity contribution >= 4 is 50.7 Å². The number of hydrogen-bond acceptors (Lipinski definition) is 1. The Morgan fingerprint density at radius 1 is 1.21 bits per heavy atom. The standard InChI is InChI=1S/C14H10BrCl2NO/c1-8-3-2-4-10(13(8)17)14(19)18-9-5-6-11(15)12(16)7-9/h2-7H,1H3,(H,18,19). The van der Waals surface area contributed by atoms with E-state index in [9.17, 15) is 4.79 Å². The van der Waals surface area contributed by atoms with Crippen LogP contribution in [0.5, 0.6) is 0 Å². The third-order valence-electron chi connectivity index (χ3n) is 2.61. The highest BCUT2D eigenvalue weighted by atomic mass is 79.9. The summed E-state index contributed by atoms with van der Waals surface area (Å²) >= 11 is 15.4. The predicted octanol–water partition coefficient (Wildman–Crippen LogP) is 5.32. The van der Waals surface area contributed by atoms with E-state index in [0.717, 1.165) is 10.0 Å². The summed E-state index contributed by atoms with van der Waals surface area (Å²) in [6.07, 6.45) is 0. The molecule has 0 aliphatic rings. The van der Waals surface area contributed by atoms with Gasteiger partial charge in [0.1, 0.15) is 0 Å². The van der Waals surface area contributed by atoms with Gasteiger partial charge in [-0.2, -0.15) is 0 Å². The maximum atomic E-state index is 12.1. The number of rotatable bonds is 2. The number of carbonyl (C=O) groups is 1. The van der Waals surface area contributed by atoms with E-state index >= 15 is 0 Å². The van der Waals surface area contributed by atoms with E-state index < -0.39 is 0 Å². The van der Waals surface area contributed by atoms with Gasteiger partial charge in [-0.05, 0) is 52.7 Å². The van der Waals surface area contributed by atoms with Gasteiger partial charge in [-0.3, -0.25) is 4.79 Å². The van der Waals surface area contributed by atoms with Crippen LogP contribution in [-0.4, -0.2) is 5.91 Å². The van der Waals surface area contributed by atoms with Gasteiger partial charge in [-0.1, -0.05) is 35.3 Å². The second-order valence-corrected chi connectivity index (χ2v) is 5.66. The molecular weight excluding hydrogens is 349 g/mol. The largest absolute Gasteiger partial charge is 0.322 e. The summed E-state index contributed by atoms with van der Waals surface area (Å²) in [5.74, 6) is -0.257. The molecule has 0 aliphatic carbocycles. The van der Waals surface area contributed by atoms with Crippen LogP contribution in [0.4, 0.5) is 5.69 Å². The van der Waals surface area contributed by atoms with Crippen molar-refractivity contribution in [2.45, 2.75) is 6.92 Å². The Morgan fingerprint density at radius 2 is 1.95 bits per heavy atom. The van der Waals surface area contributed by atoms with E-state index in [-0.39, 0.29) is 5.91 Å². The smallest absolute Gasteiger partial charge is 0.257 e. The summed E-state index contributed by atoms with van der Waals surface area (Å²) in [5.41, 5.74) is 1.93. The lowest BCUT2D eigenvalue weighted by molar-refractivity contribution is 0.102. The zero-order chi connectivity index (χ0) is 14.0. The van der Waals surface area contributed by atoms with Crippen LogP contribution in [0.1, 0.15) is 15.9 Å². The molecular formula is C14H10BrCl2NO. The monoisotopic (exact) mass is 357 g/mol. The Balaban J connectivity index is 2.26. The average Bonchev–Trinajstić information content (AvgIpc) is 2.37. The fourth-order valence-corrected chi connectivity index (χ4v) is 2.23. The number of halogens is 3.